The van der Waals surface area contributed by atoms with Gasteiger partial charge in [-0.25, -0.2) is 4.79 Å². The SMILES string of the molecule is O=C1CC[C@@H](C(=O)N2C(C(=O)O)CSC2C2CC2)N1. The zero-order chi connectivity index (χ0) is 13.6. The van der Waals surface area contributed by atoms with Crippen LogP contribution >= 0.6 is 11.8 Å². The second kappa shape index (κ2) is 4.70. The first-order valence-corrected chi connectivity index (χ1v) is 7.59. The van der Waals surface area contributed by atoms with Crippen LogP contribution in [0.4, 0.5) is 0 Å². The number of aliphatic carboxylic acids is 1. The molecule has 2 aliphatic heterocycles. The highest BCUT2D eigenvalue weighted by Crippen LogP contribution is 2.45. The maximum absolute atomic E-state index is 12.5. The van der Waals surface area contributed by atoms with Crippen molar-refractivity contribution in [1.29, 1.82) is 0 Å². The molecule has 2 amide bonds. The minimum absolute atomic E-state index is 0.0221. The fourth-order valence-electron chi connectivity index (χ4n) is 2.72. The van der Waals surface area contributed by atoms with Gasteiger partial charge in [-0.1, -0.05) is 0 Å². The Morgan fingerprint density at radius 3 is 2.58 bits per heavy atom. The van der Waals surface area contributed by atoms with Crippen LogP contribution in [0, 0.1) is 5.92 Å². The Morgan fingerprint density at radius 2 is 2.05 bits per heavy atom. The number of rotatable bonds is 3. The highest BCUT2D eigenvalue weighted by Gasteiger charge is 2.49. The summed E-state index contributed by atoms with van der Waals surface area (Å²) in [5, 5.41) is 11.9. The van der Waals surface area contributed by atoms with Gasteiger partial charge >= 0.3 is 5.97 Å². The molecule has 0 aromatic rings. The Balaban J connectivity index is 1.78. The topological polar surface area (TPSA) is 86.7 Å². The van der Waals surface area contributed by atoms with Crippen molar-refractivity contribution < 1.29 is 19.5 Å². The number of nitrogens with one attached hydrogen (secondary N) is 1. The first kappa shape index (κ1) is 12.8. The number of carbonyl (C=O) groups excluding carboxylic acids is 2. The molecule has 104 valence electrons. The van der Waals surface area contributed by atoms with Gasteiger partial charge in [0, 0.05) is 12.2 Å². The van der Waals surface area contributed by atoms with Crippen molar-refractivity contribution in [2.75, 3.05) is 5.75 Å². The van der Waals surface area contributed by atoms with Gasteiger partial charge < -0.3 is 15.3 Å². The normalized spacial score (nSPS) is 34.4. The Kier molecular flexibility index (Phi) is 3.16. The molecular formula is C12H16N2O4S. The molecule has 1 aliphatic carbocycles. The molecule has 0 aromatic carbocycles. The molecule has 0 radical (unpaired) electrons. The van der Waals surface area contributed by atoms with Gasteiger partial charge in [-0.3, -0.25) is 9.59 Å². The summed E-state index contributed by atoms with van der Waals surface area (Å²) in [5.41, 5.74) is 0. The highest BCUT2D eigenvalue weighted by atomic mass is 32.2. The number of thioether (sulfide) groups is 1. The van der Waals surface area contributed by atoms with E-state index in [2.05, 4.69) is 5.32 Å². The van der Waals surface area contributed by atoms with Crippen LogP contribution in [0.1, 0.15) is 25.7 Å². The van der Waals surface area contributed by atoms with Gasteiger partial charge in [0.15, 0.2) is 0 Å². The lowest BCUT2D eigenvalue weighted by Gasteiger charge is -2.29. The second-order valence-corrected chi connectivity index (χ2v) is 6.47. The Labute approximate surface area is 114 Å². The van der Waals surface area contributed by atoms with E-state index in [-0.39, 0.29) is 17.2 Å². The quantitative estimate of drug-likeness (QED) is 0.763. The van der Waals surface area contributed by atoms with Crippen molar-refractivity contribution in [3.05, 3.63) is 0 Å². The first-order chi connectivity index (χ1) is 9.08. The predicted octanol–water partition coefficient (Wildman–Crippen LogP) is 0.0297. The molecule has 3 fully saturated rings. The van der Waals surface area contributed by atoms with Crippen molar-refractivity contribution in [1.82, 2.24) is 10.2 Å². The van der Waals surface area contributed by atoms with Crippen LogP contribution in [-0.4, -0.2) is 51.0 Å². The predicted molar refractivity (Wildman–Crippen MR) is 68.4 cm³/mol. The maximum atomic E-state index is 12.5. The summed E-state index contributed by atoms with van der Waals surface area (Å²) in [6.45, 7) is 0. The molecule has 0 spiro atoms. The number of hydrogen-bond donors (Lipinski definition) is 2. The summed E-state index contributed by atoms with van der Waals surface area (Å²) < 4.78 is 0. The van der Waals surface area contributed by atoms with Crippen molar-refractivity contribution in [3.63, 3.8) is 0 Å². The minimum atomic E-state index is -0.951. The van der Waals surface area contributed by atoms with Crippen LogP contribution in [-0.2, 0) is 14.4 Å². The van der Waals surface area contributed by atoms with Gasteiger partial charge in [0.1, 0.15) is 12.1 Å². The summed E-state index contributed by atoms with van der Waals surface area (Å²) in [6, 6.07) is -1.28. The van der Waals surface area contributed by atoms with E-state index in [4.69, 9.17) is 0 Å². The van der Waals surface area contributed by atoms with Crippen LogP contribution < -0.4 is 5.32 Å². The Hall–Kier alpha value is -1.24. The van der Waals surface area contributed by atoms with Gasteiger partial charge in [-0.15, -0.1) is 11.8 Å². The van der Waals surface area contributed by atoms with Crippen LogP contribution in [0.15, 0.2) is 0 Å². The first-order valence-electron chi connectivity index (χ1n) is 6.54. The molecule has 3 aliphatic rings. The van der Waals surface area contributed by atoms with Crippen LogP contribution in [0.5, 0.6) is 0 Å². The van der Waals surface area contributed by atoms with E-state index in [0.717, 1.165) is 12.8 Å². The minimum Gasteiger partial charge on any atom is -0.480 e. The van der Waals surface area contributed by atoms with E-state index in [1.807, 2.05) is 0 Å². The van der Waals surface area contributed by atoms with E-state index in [1.54, 1.807) is 11.8 Å². The summed E-state index contributed by atoms with van der Waals surface area (Å²) in [5.74, 6) is -0.424. The monoisotopic (exact) mass is 284 g/mol. The molecule has 2 N–H and O–H groups in total. The molecule has 0 aromatic heterocycles. The number of carbonyl (C=O) groups is 3. The van der Waals surface area contributed by atoms with E-state index >= 15 is 0 Å². The molecule has 6 nitrogen and oxygen atoms in total. The smallest absolute Gasteiger partial charge is 0.327 e. The lowest BCUT2D eigenvalue weighted by atomic mass is 10.1. The maximum Gasteiger partial charge on any atom is 0.327 e. The molecule has 7 heteroatoms. The molecule has 1 saturated carbocycles. The Morgan fingerprint density at radius 1 is 1.32 bits per heavy atom. The molecule has 3 rings (SSSR count). The zero-order valence-electron chi connectivity index (χ0n) is 10.4. The summed E-state index contributed by atoms with van der Waals surface area (Å²) in [6.07, 6.45) is 2.95. The number of hydrogen-bond acceptors (Lipinski definition) is 4. The van der Waals surface area contributed by atoms with E-state index in [0.29, 0.717) is 24.5 Å². The zero-order valence-corrected chi connectivity index (χ0v) is 11.2. The lowest BCUT2D eigenvalue weighted by Crippen LogP contribution is -2.52. The van der Waals surface area contributed by atoms with Gasteiger partial charge in [-0.05, 0) is 25.2 Å². The molecule has 0 bridgehead atoms. The Bertz CT molecular complexity index is 437. The number of amides is 2. The molecule has 3 atom stereocenters. The van der Waals surface area contributed by atoms with Crippen molar-refractivity contribution in [3.8, 4) is 0 Å². The molecule has 2 heterocycles. The third kappa shape index (κ3) is 2.31. The summed E-state index contributed by atoms with van der Waals surface area (Å²) >= 11 is 1.56. The summed E-state index contributed by atoms with van der Waals surface area (Å²) in [7, 11) is 0. The standard InChI is InChI=1S/C12H16N2O4S/c15-9-4-3-7(13-9)10(16)14-8(12(17)18)5-19-11(14)6-1-2-6/h6-8,11H,1-5H2,(H,13,15)(H,17,18)/t7-,8?,11?/m0/s1. The molecule has 19 heavy (non-hydrogen) atoms. The van der Waals surface area contributed by atoms with Gasteiger partial charge in [0.05, 0.1) is 5.37 Å². The summed E-state index contributed by atoms with van der Waals surface area (Å²) in [4.78, 5) is 36.5. The average Bonchev–Trinajstić information content (AvgIpc) is 2.96. The van der Waals surface area contributed by atoms with Crippen molar-refractivity contribution in [2.45, 2.75) is 43.1 Å². The van der Waals surface area contributed by atoms with Crippen LogP contribution in [0.25, 0.3) is 0 Å². The fraction of sp³-hybridized carbons (Fsp3) is 0.750. The molecular weight excluding hydrogens is 268 g/mol. The second-order valence-electron chi connectivity index (χ2n) is 5.32. The number of carboxylic acids is 1. The highest BCUT2D eigenvalue weighted by molar-refractivity contribution is 8.00. The molecule has 2 unspecified atom stereocenters. The average molecular weight is 284 g/mol. The largest absolute Gasteiger partial charge is 0.480 e. The number of carboxylic acid groups (broad SMARTS) is 1. The molecule has 2 saturated heterocycles. The van der Waals surface area contributed by atoms with E-state index < -0.39 is 18.1 Å². The van der Waals surface area contributed by atoms with E-state index in [9.17, 15) is 19.5 Å². The van der Waals surface area contributed by atoms with Crippen molar-refractivity contribution in [2.24, 2.45) is 5.92 Å². The van der Waals surface area contributed by atoms with Crippen LogP contribution in [0.2, 0.25) is 0 Å². The van der Waals surface area contributed by atoms with Gasteiger partial charge in [0.25, 0.3) is 0 Å². The fourth-order valence-corrected chi connectivity index (χ4v) is 4.36. The third-order valence-electron chi connectivity index (χ3n) is 3.89. The van der Waals surface area contributed by atoms with Crippen molar-refractivity contribution >= 4 is 29.5 Å². The number of nitrogens with zero attached hydrogens (tertiary/aromatic N) is 1. The van der Waals surface area contributed by atoms with Crippen LogP contribution in [0.3, 0.4) is 0 Å². The van der Waals surface area contributed by atoms with Gasteiger partial charge in [-0.2, -0.15) is 0 Å². The van der Waals surface area contributed by atoms with E-state index in [1.165, 1.54) is 4.90 Å². The third-order valence-corrected chi connectivity index (χ3v) is 5.35. The lowest BCUT2D eigenvalue weighted by molar-refractivity contribution is -0.150. The van der Waals surface area contributed by atoms with Gasteiger partial charge in [0.2, 0.25) is 11.8 Å².